The molecule has 5 heteroatoms. The largest absolute Gasteiger partial charge is 0.334 e. The lowest BCUT2D eigenvalue weighted by Gasteiger charge is -2.49. The van der Waals surface area contributed by atoms with Gasteiger partial charge in [0.15, 0.2) is 0 Å². The van der Waals surface area contributed by atoms with Gasteiger partial charge in [-0.05, 0) is 25.0 Å². The van der Waals surface area contributed by atoms with Gasteiger partial charge in [-0.25, -0.2) is 4.98 Å². The fraction of sp³-hybridized carbons (Fsp3) is 0.565. The summed E-state index contributed by atoms with van der Waals surface area (Å²) in [6.45, 7) is 6.38. The van der Waals surface area contributed by atoms with Gasteiger partial charge in [0.05, 0.1) is 5.52 Å². The number of piperazine rings is 1. The highest BCUT2D eigenvalue weighted by Gasteiger charge is 2.37. The minimum absolute atomic E-state index is 0.0721. The second-order valence-corrected chi connectivity index (χ2v) is 8.62. The summed E-state index contributed by atoms with van der Waals surface area (Å²) in [5.74, 6) is 0.0721. The van der Waals surface area contributed by atoms with E-state index in [4.69, 9.17) is 0 Å². The molecule has 3 heterocycles. The molecule has 5 rings (SSSR count). The lowest BCUT2D eigenvalue weighted by molar-refractivity contribution is -0.00286. The van der Waals surface area contributed by atoms with E-state index in [0.29, 0.717) is 11.7 Å². The molecule has 0 atom stereocenters. The summed E-state index contributed by atoms with van der Waals surface area (Å²) in [6.07, 6.45) is 7.03. The van der Waals surface area contributed by atoms with Crippen molar-refractivity contribution < 1.29 is 4.79 Å². The molecular formula is C23H30N4O. The Morgan fingerprint density at radius 1 is 0.821 bits per heavy atom. The summed E-state index contributed by atoms with van der Waals surface area (Å²) in [5, 5.41) is 1.08. The number of fused-ring (bicyclic) bond motifs is 1. The number of rotatable bonds is 3. The van der Waals surface area contributed by atoms with E-state index in [9.17, 15) is 4.79 Å². The zero-order valence-electron chi connectivity index (χ0n) is 16.6. The van der Waals surface area contributed by atoms with Crippen LogP contribution in [-0.2, 0) is 0 Å². The topological polar surface area (TPSA) is 39.7 Å². The number of aromatic nitrogens is 1. The number of pyridine rings is 1. The van der Waals surface area contributed by atoms with Gasteiger partial charge in [0.1, 0.15) is 5.69 Å². The highest BCUT2D eigenvalue weighted by atomic mass is 16.2. The Labute approximate surface area is 167 Å². The number of hydrogen-bond acceptors (Lipinski definition) is 4. The number of amides is 1. The molecule has 2 aromatic rings. The van der Waals surface area contributed by atoms with Crippen LogP contribution >= 0.6 is 0 Å². The molecule has 2 aliphatic heterocycles. The van der Waals surface area contributed by atoms with Gasteiger partial charge >= 0.3 is 0 Å². The molecule has 1 amide bonds. The Bertz CT molecular complexity index is 833. The average molecular weight is 379 g/mol. The van der Waals surface area contributed by atoms with E-state index in [1.807, 2.05) is 41.3 Å². The van der Waals surface area contributed by atoms with Crippen molar-refractivity contribution in [2.45, 2.75) is 44.2 Å². The predicted molar refractivity (Wildman–Crippen MR) is 111 cm³/mol. The summed E-state index contributed by atoms with van der Waals surface area (Å²) in [6, 6.07) is 13.2. The molecule has 3 aliphatic rings. The quantitative estimate of drug-likeness (QED) is 0.823. The van der Waals surface area contributed by atoms with Gasteiger partial charge in [0, 0.05) is 56.7 Å². The molecule has 1 saturated carbocycles. The molecule has 1 aromatic carbocycles. The zero-order chi connectivity index (χ0) is 18.9. The third kappa shape index (κ3) is 3.53. The first-order valence-electron chi connectivity index (χ1n) is 10.9. The van der Waals surface area contributed by atoms with Crippen molar-refractivity contribution in [3.8, 4) is 0 Å². The number of nitrogens with zero attached hydrogens (tertiary/aromatic N) is 4. The van der Waals surface area contributed by atoms with Crippen molar-refractivity contribution in [2.24, 2.45) is 0 Å². The molecule has 0 unspecified atom stereocenters. The van der Waals surface area contributed by atoms with Crippen LogP contribution in [-0.4, -0.2) is 76.9 Å². The van der Waals surface area contributed by atoms with Crippen molar-refractivity contribution >= 4 is 16.8 Å². The first-order valence-corrected chi connectivity index (χ1v) is 10.9. The maximum Gasteiger partial charge on any atom is 0.272 e. The number of para-hydroxylation sites is 1. The van der Waals surface area contributed by atoms with Crippen LogP contribution in [0.5, 0.6) is 0 Å². The van der Waals surface area contributed by atoms with E-state index < -0.39 is 0 Å². The molecule has 0 spiro atoms. The summed E-state index contributed by atoms with van der Waals surface area (Å²) < 4.78 is 0. The van der Waals surface area contributed by atoms with Gasteiger partial charge in [0.2, 0.25) is 0 Å². The molecule has 1 aliphatic carbocycles. The van der Waals surface area contributed by atoms with E-state index in [1.54, 1.807) is 0 Å². The molecule has 0 bridgehead atoms. The normalized spacial score (nSPS) is 23.1. The maximum absolute atomic E-state index is 12.8. The minimum Gasteiger partial charge on any atom is -0.334 e. The fourth-order valence-corrected chi connectivity index (χ4v) is 5.11. The van der Waals surface area contributed by atoms with Crippen LogP contribution in [0.25, 0.3) is 10.9 Å². The van der Waals surface area contributed by atoms with Crippen LogP contribution in [0.15, 0.2) is 36.4 Å². The molecule has 1 aromatic heterocycles. The highest BCUT2D eigenvalue weighted by molar-refractivity contribution is 5.95. The van der Waals surface area contributed by atoms with Crippen LogP contribution in [0.3, 0.4) is 0 Å². The molecular weight excluding hydrogens is 348 g/mol. The highest BCUT2D eigenvalue weighted by Crippen LogP contribution is 2.25. The van der Waals surface area contributed by atoms with E-state index >= 15 is 0 Å². The van der Waals surface area contributed by atoms with E-state index in [1.165, 1.54) is 45.2 Å². The van der Waals surface area contributed by atoms with Gasteiger partial charge in [-0.2, -0.15) is 0 Å². The van der Waals surface area contributed by atoms with Gasteiger partial charge in [0.25, 0.3) is 5.91 Å². The molecule has 148 valence electrons. The fourth-order valence-electron chi connectivity index (χ4n) is 5.11. The number of carbonyl (C=O) groups is 1. The van der Waals surface area contributed by atoms with Crippen LogP contribution in [0, 0.1) is 0 Å². The lowest BCUT2D eigenvalue weighted by Crippen LogP contribution is -2.64. The molecule has 0 N–H and O–H groups in total. The van der Waals surface area contributed by atoms with Gasteiger partial charge in [-0.1, -0.05) is 43.5 Å². The summed E-state index contributed by atoms with van der Waals surface area (Å²) in [4.78, 5) is 24.6. The average Bonchev–Trinajstić information content (AvgIpc) is 2.73. The van der Waals surface area contributed by atoms with Crippen LogP contribution in [0.4, 0.5) is 0 Å². The molecule has 0 radical (unpaired) electrons. The molecule has 3 fully saturated rings. The van der Waals surface area contributed by atoms with Crippen molar-refractivity contribution in [3.05, 3.63) is 42.1 Å². The standard InChI is InChI=1S/C23H30N4O/c28-23(22-11-10-18-6-4-5-9-21(18)24-22)27-16-20(17-27)26-14-12-25(13-15-26)19-7-2-1-3-8-19/h4-6,9-11,19-20H,1-3,7-8,12-17H2. The van der Waals surface area contributed by atoms with Gasteiger partial charge in [-0.3, -0.25) is 14.6 Å². The molecule has 2 saturated heterocycles. The van der Waals surface area contributed by atoms with Crippen LogP contribution in [0.2, 0.25) is 0 Å². The third-order valence-corrected chi connectivity index (χ3v) is 6.92. The number of benzene rings is 1. The number of hydrogen-bond donors (Lipinski definition) is 0. The van der Waals surface area contributed by atoms with Crippen molar-refractivity contribution in [3.63, 3.8) is 0 Å². The summed E-state index contributed by atoms with van der Waals surface area (Å²) >= 11 is 0. The Morgan fingerprint density at radius 3 is 2.25 bits per heavy atom. The van der Waals surface area contributed by atoms with Crippen LogP contribution < -0.4 is 0 Å². The Balaban J connectivity index is 1.13. The maximum atomic E-state index is 12.8. The second-order valence-electron chi connectivity index (χ2n) is 8.62. The smallest absolute Gasteiger partial charge is 0.272 e. The van der Waals surface area contributed by atoms with Gasteiger partial charge < -0.3 is 4.90 Å². The number of likely N-dealkylation sites (tertiary alicyclic amines) is 1. The third-order valence-electron chi connectivity index (χ3n) is 6.92. The molecule has 28 heavy (non-hydrogen) atoms. The SMILES string of the molecule is O=C(c1ccc2ccccc2n1)N1CC(N2CCN(C3CCCCC3)CC2)C1. The van der Waals surface area contributed by atoms with Gasteiger partial charge in [-0.15, -0.1) is 0 Å². The number of carbonyl (C=O) groups excluding carboxylic acids is 1. The first-order chi connectivity index (χ1) is 13.8. The van der Waals surface area contributed by atoms with Crippen molar-refractivity contribution in [1.82, 2.24) is 19.7 Å². The Kier molecular flexibility index (Phi) is 5.03. The minimum atomic E-state index is 0.0721. The van der Waals surface area contributed by atoms with E-state index in [-0.39, 0.29) is 5.91 Å². The Morgan fingerprint density at radius 2 is 1.50 bits per heavy atom. The molecule has 5 nitrogen and oxygen atoms in total. The zero-order valence-corrected chi connectivity index (χ0v) is 16.6. The monoisotopic (exact) mass is 378 g/mol. The predicted octanol–water partition coefficient (Wildman–Crippen LogP) is 3.01. The van der Waals surface area contributed by atoms with Crippen LogP contribution in [0.1, 0.15) is 42.6 Å². The van der Waals surface area contributed by atoms with Crippen molar-refractivity contribution in [1.29, 1.82) is 0 Å². The van der Waals surface area contributed by atoms with Crippen molar-refractivity contribution in [2.75, 3.05) is 39.3 Å². The second kappa shape index (κ2) is 7.80. The summed E-state index contributed by atoms with van der Waals surface area (Å²) in [5.41, 5.74) is 1.46. The Hall–Kier alpha value is -1.98. The van der Waals surface area contributed by atoms with E-state index in [0.717, 1.165) is 43.1 Å². The lowest BCUT2D eigenvalue weighted by atomic mass is 9.93. The van der Waals surface area contributed by atoms with E-state index in [2.05, 4.69) is 14.8 Å². The first kappa shape index (κ1) is 18.1. The summed E-state index contributed by atoms with van der Waals surface area (Å²) in [7, 11) is 0.